The van der Waals surface area contributed by atoms with Gasteiger partial charge in [0.15, 0.2) is 17.3 Å². The zero-order chi connectivity index (χ0) is 24.9. The third kappa shape index (κ3) is 4.09. The molecule has 0 bridgehead atoms. The Hall–Kier alpha value is -2.92. The maximum absolute atomic E-state index is 14.4. The van der Waals surface area contributed by atoms with Crippen molar-refractivity contribution in [2.75, 3.05) is 23.8 Å². The lowest BCUT2D eigenvalue weighted by Gasteiger charge is -2.26. The van der Waals surface area contributed by atoms with Crippen LogP contribution in [-0.4, -0.2) is 49.9 Å². The molecular weight excluding hydrogens is 425 g/mol. The summed E-state index contributed by atoms with van der Waals surface area (Å²) in [6, 6.07) is -0.0408. The van der Waals surface area contributed by atoms with Gasteiger partial charge in [0.25, 0.3) is 0 Å². The maximum atomic E-state index is 14.4. The molecule has 1 saturated carbocycles. The van der Waals surface area contributed by atoms with E-state index in [1.165, 1.54) is 10.8 Å². The number of hydrogen-bond donors (Lipinski definition) is 3. The molecule has 1 aromatic carbocycles. The number of nitrogens with zero attached hydrogens (tertiary/aromatic N) is 4. The third-order valence-corrected chi connectivity index (χ3v) is 5.62. The fourth-order valence-electron chi connectivity index (χ4n) is 3.99. The number of ether oxygens (including phenoxy) is 1. The number of fused-ring (bicyclic) bond motifs is 1. The van der Waals surface area contributed by atoms with Crippen molar-refractivity contribution in [1.82, 2.24) is 19.5 Å². The number of imidazole rings is 1. The number of nitrogens with one attached hydrogen (secondary N) is 2. The number of benzene rings is 1. The lowest BCUT2D eigenvalue weighted by atomic mass is 9.93. The Morgan fingerprint density at radius 1 is 1.09 bits per heavy atom. The molecule has 0 spiro atoms. The highest BCUT2D eigenvalue weighted by atomic mass is 19.1. The van der Waals surface area contributed by atoms with Gasteiger partial charge < -0.3 is 20.5 Å². The number of hydrogen-bond acceptors (Lipinski definition) is 7. The molecule has 0 amide bonds. The SMILES string of the molecule is [2H]C1CC(n2c(Nc3c(F)cc(F)cc3F)nc3cnc(NC4CCC(O)CC4)nc32)C([2H])([2H])O1. The average Bonchev–Trinajstić information content (AvgIpc) is 3.26. The lowest BCUT2D eigenvalue weighted by molar-refractivity contribution is 0.126. The highest BCUT2D eigenvalue weighted by Gasteiger charge is 2.27. The standard InChI is InChI=1S/C21H23F3N6O2/c22-11-7-15(23)18(16(24)8-11)28-21-27-17-9-25-20(26-12-1-3-14(31)4-2-12)29-19(17)30(21)13-5-6-32-10-13/h7-9,12-14,31H,1-6,10H2,(H,27,28)(H,25,26,29)/i6D,10D2. The van der Waals surface area contributed by atoms with E-state index >= 15 is 0 Å². The van der Waals surface area contributed by atoms with E-state index < -0.39 is 42.3 Å². The van der Waals surface area contributed by atoms with Crippen LogP contribution in [0.2, 0.25) is 0 Å². The van der Waals surface area contributed by atoms with E-state index in [1.807, 2.05) is 0 Å². The molecule has 170 valence electrons. The fraction of sp³-hybridized carbons (Fsp3) is 0.476. The number of aliphatic hydroxyl groups excluding tert-OH is 1. The van der Waals surface area contributed by atoms with Crippen LogP contribution in [0.5, 0.6) is 0 Å². The van der Waals surface area contributed by atoms with E-state index in [1.54, 1.807) is 0 Å². The first-order chi connectivity index (χ1) is 16.6. The van der Waals surface area contributed by atoms with Gasteiger partial charge in [-0.1, -0.05) is 0 Å². The normalized spacial score (nSPS) is 28.8. The predicted octanol–water partition coefficient (Wildman–Crippen LogP) is 3.66. The van der Waals surface area contributed by atoms with Gasteiger partial charge in [0, 0.05) is 24.8 Å². The van der Waals surface area contributed by atoms with E-state index in [0.717, 1.165) is 12.8 Å². The zero-order valence-corrected chi connectivity index (χ0v) is 16.9. The summed E-state index contributed by atoms with van der Waals surface area (Å²) in [7, 11) is 0. The highest BCUT2D eigenvalue weighted by Crippen LogP contribution is 2.32. The molecule has 2 aromatic heterocycles. The van der Waals surface area contributed by atoms with Crippen molar-refractivity contribution < 1.29 is 27.1 Å². The quantitative estimate of drug-likeness (QED) is 0.545. The molecule has 2 aliphatic rings. The number of rotatable bonds is 5. The van der Waals surface area contributed by atoms with E-state index in [2.05, 4.69) is 25.6 Å². The molecular formula is C21H23F3N6O2. The van der Waals surface area contributed by atoms with Crippen molar-refractivity contribution in [3.63, 3.8) is 0 Å². The van der Waals surface area contributed by atoms with Crippen LogP contribution in [0.25, 0.3) is 11.2 Å². The van der Waals surface area contributed by atoms with Gasteiger partial charge in [-0.3, -0.25) is 4.57 Å². The van der Waals surface area contributed by atoms with Gasteiger partial charge in [-0.05, 0) is 32.1 Å². The predicted molar refractivity (Wildman–Crippen MR) is 111 cm³/mol. The van der Waals surface area contributed by atoms with Gasteiger partial charge >= 0.3 is 0 Å². The minimum absolute atomic E-state index is 0.0334. The Bertz CT molecular complexity index is 1230. The van der Waals surface area contributed by atoms with Crippen LogP contribution >= 0.6 is 0 Å². The molecule has 11 heteroatoms. The van der Waals surface area contributed by atoms with Gasteiger partial charge in [0.05, 0.1) is 29.0 Å². The van der Waals surface area contributed by atoms with Gasteiger partial charge in [-0.2, -0.15) is 4.98 Å². The first kappa shape index (κ1) is 17.6. The van der Waals surface area contributed by atoms with Crippen molar-refractivity contribution >= 4 is 28.7 Å². The van der Waals surface area contributed by atoms with Crippen LogP contribution in [0.1, 0.15) is 42.3 Å². The molecule has 1 aliphatic carbocycles. The molecule has 5 rings (SSSR count). The van der Waals surface area contributed by atoms with Gasteiger partial charge in [-0.25, -0.2) is 23.1 Å². The first-order valence-electron chi connectivity index (χ1n) is 11.9. The molecule has 1 aliphatic heterocycles. The smallest absolute Gasteiger partial charge is 0.224 e. The monoisotopic (exact) mass is 451 g/mol. The summed E-state index contributed by atoms with van der Waals surface area (Å²) in [5.41, 5.74) is -0.295. The van der Waals surface area contributed by atoms with Crippen LogP contribution in [0, 0.1) is 17.5 Å². The Morgan fingerprint density at radius 3 is 2.53 bits per heavy atom. The highest BCUT2D eigenvalue weighted by molar-refractivity contribution is 5.76. The van der Waals surface area contributed by atoms with Crippen molar-refractivity contribution in [3.8, 4) is 0 Å². The molecule has 3 heterocycles. The number of aliphatic hydroxyl groups is 1. The second-order valence-corrected chi connectivity index (χ2v) is 7.88. The molecule has 0 radical (unpaired) electrons. The van der Waals surface area contributed by atoms with Gasteiger partial charge in [-0.15, -0.1) is 0 Å². The van der Waals surface area contributed by atoms with Crippen LogP contribution < -0.4 is 10.6 Å². The van der Waals surface area contributed by atoms with Gasteiger partial charge in [0.2, 0.25) is 11.9 Å². The summed E-state index contributed by atoms with van der Waals surface area (Å²) in [6.45, 7) is -3.47. The lowest BCUT2D eigenvalue weighted by Crippen LogP contribution is -2.29. The van der Waals surface area contributed by atoms with E-state index in [4.69, 9.17) is 8.85 Å². The summed E-state index contributed by atoms with van der Waals surface area (Å²) < 4.78 is 72.9. The minimum atomic E-state index is -2.30. The van der Waals surface area contributed by atoms with Crippen molar-refractivity contribution in [3.05, 3.63) is 35.8 Å². The molecule has 3 aromatic rings. The van der Waals surface area contributed by atoms with Gasteiger partial charge in [0.1, 0.15) is 17.0 Å². The van der Waals surface area contributed by atoms with Crippen molar-refractivity contribution in [2.24, 2.45) is 0 Å². The second kappa shape index (κ2) is 8.55. The summed E-state index contributed by atoms with van der Waals surface area (Å²) >= 11 is 0. The molecule has 8 nitrogen and oxygen atoms in total. The average molecular weight is 451 g/mol. The van der Waals surface area contributed by atoms with Crippen molar-refractivity contribution in [1.29, 1.82) is 0 Å². The van der Waals surface area contributed by atoms with E-state index in [-0.39, 0.29) is 41.6 Å². The van der Waals surface area contributed by atoms with Crippen molar-refractivity contribution in [2.45, 2.75) is 50.3 Å². The number of aromatic nitrogens is 4. The first-order valence-corrected chi connectivity index (χ1v) is 10.3. The van der Waals surface area contributed by atoms with E-state index in [0.29, 0.717) is 25.0 Å². The Balaban J connectivity index is 1.57. The Kier molecular flexibility index (Phi) is 4.71. The van der Waals surface area contributed by atoms with Crippen LogP contribution in [0.3, 0.4) is 0 Å². The van der Waals surface area contributed by atoms with E-state index in [9.17, 15) is 18.3 Å². The minimum Gasteiger partial charge on any atom is -0.393 e. The summed E-state index contributed by atoms with van der Waals surface area (Å²) in [5, 5.41) is 15.4. The molecule has 2 unspecified atom stereocenters. The fourth-order valence-corrected chi connectivity index (χ4v) is 3.99. The maximum Gasteiger partial charge on any atom is 0.224 e. The summed E-state index contributed by atoms with van der Waals surface area (Å²) in [6.07, 6.45) is 3.71. The summed E-state index contributed by atoms with van der Waals surface area (Å²) in [5.74, 6) is -3.40. The number of halogens is 3. The molecule has 32 heavy (non-hydrogen) atoms. The molecule has 2 fully saturated rings. The van der Waals surface area contributed by atoms with Crippen LogP contribution in [0.4, 0.5) is 30.8 Å². The second-order valence-electron chi connectivity index (χ2n) is 7.88. The molecule has 3 N–H and O–H groups in total. The molecule has 1 saturated heterocycles. The third-order valence-electron chi connectivity index (χ3n) is 5.62. The zero-order valence-electron chi connectivity index (χ0n) is 19.9. The van der Waals surface area contributed by atoms with Crippen LogP contribution in [0.15, 0.2) is 18.3 Å². The summed E-state index contributed by atoms with van der Waals surface area (Å²) in [4.78, 5) is 13.0. The Morgan fingerprint density at radius 2 is 1.84 bits per heavy atom. The molecule has 2 atom stereocenters. The Labute approximate surface area is 186 Å². The number of anilines is 3. The largest absolute Gasteiger partial charge is 0.393 e. The van der Waals surface area contributed by atoms with Crippen LogP contribution in [-0.2, 0) is 4.74 Å². The topological polar surface area (TPSA) is 97.1 Å².